The van der Waals surface area contributed by atoms with Crippen LogP contribution < -0.4 is 4.43 Å². The monoisotopic (exact) mass is 526 g/mol. The van der Waals surface area contributed by atoms with Crippen LogP contribution in [0.1, 0.15) is 76.0 Å². The van der Waals surface area contributed by atoms with Gasteiger partial charge in [0.25, 0.3) is 0 Å². The van der Waals surface area contributed by atoms with Crippen molar-refractivity contribution in [3.8, 4) is 5.75 Å². The first-order valence-electron chi connectivity index (χ1n) is 13.0. The number of pyridine rings is 1. The maximum Gasteiger partial charge on any atom is 0.410 e. The SMILES string of the molecule is CC(C)(C)OC(=O)N1[C@@H](Cc2ccccc2O[Si](C)(C)C(C)(C)C)CC[C@H]1Cc1ccc(C(=O)O)nc1. The summed E-state index contributed by atoms with van der Waals surface area (Å²) in [5, 5.41) is 9.23. The van der Waals surface area contributed by atoms with Crippen LogP contribution in [-0.4, -0.2) is 53.1 Å². The van der Waals surface area contributed by atoms with Gasteiger partial charge in [0.15, 0.2) is 0 Å². The number of carbonyl (C=O) groups excluding carboxylic acids is 1. The predicted molar refractivity (Wildman–Crippen MR) is 148 cm³/mol. The maximum absolute atomic E-state index is 13.4. The van der Waals surface area contributed by atoms with E-state index in [1.165, 1.54) is 6.07 Å². The van der Waals surface area contributed by atoms with Crippen LogP contribution in [0.4, 0.5) is 4.79 Å². The van der Waals surface area contributed by atoms with E-state index in [1.807, 2.05) is 43.9 Å². The summed E-state index contributed by atoms with van der Waals surface area (Å²) < 4.78 is 12.5. The van der Waals surface area contributed by atoms with Crippen molar-refractivity contribution in [2.45, 2.75) is 103 Å². The molecule has 7 nitrogen and oxygen atoms in total. The fourth-order valence-corrected chi connectivity index (χ4v) is 5.43. The first kappa shape index (κ1) is 28.7. The number of carboxylic acids is 1. The Hall–Kier alpha value is -2.87. The Kier molecular flexibility index (Phi) is 8.42. The van der Waals surface area contributed by atoms with E-state index in [2.05, 4.69) is 44.9 Å². The van der Waals surface area contributed by atoms with Gasteiger partial charge in [-0.2, -0.15) is 0 Å². The number of aromatic carboxylic acids is 1. The number of likely N-dealkylation sites (tertiary alicyclic amines) is 1. The van der Waals surface area contributed by atoms with E-state index >= 15 is 0 Å². The molecule has 1 fully saturated rings. The fraction of sp³-hybridized carbons (Fsp3) is 0.552. The quantitative estimate of drug-likeness (QED) is 0.403. The second-order valence-corrected chi connectivity index (χ2v) is 17.2. The molecule has 2 atom stereocenters. The minimum Gasteiger partial charge on any atom is -0.543 e. The van der Waals surface area contributed by atoms with E-state index < -0.39 is 19.9 Å². The van der Waals surface area contributed by atoms with Gasteiger partial charge in [0.1, 0.15) is 17.0 Å². The van der Waals surface area contributed by atoms with Crippen molar-refractivity contribution >= 4 is 20.4 Å². The highest BCUT2D eigenvalue weighted by Gasteiger charge is 2.41. The summed E-state index contributed by atoms with van der Waals surface area (Å²) in [4.78, 5) is 30.6. The number of carbonyl (C=O) groups is 2. The second-order valence-electron chi connectivity index (χ2n) is 12.5. The van der Waals surface area contributed by atoms with Crippen LogP contribution in [-0.2, 0) is 17.6 Å². The highest BCUT2D eigenvalue weighted by Crippen LogP contribution is 2.39. The number of aromatic nitrogens is 1. The third-order valence-electron chi connectivity index (χ3n) is 7.34. The van der Waals surface area contributed by atoms with Crippen molar-refractivity contribution < 1.29 is 23.9 Å². The molecule has 1 aromatic heterocycles. The third kappa shape index (κ3) is 7.34. The average Bonchev–Trinajstić information content (AvgIpc) is 3.15. The molecule has 8 heteroatoms. The van der Waals surface area contributed by atoms with Crippen molar-refractivity contribution in [3.05, 3.63) is 59.4 Å². The predicted octanol–water partition coefficient (Wildman–Crippen LogP) is 6.72. The molecule has 3 rings (SSSR count). The lowest BCUT2D eigenvalue weighted by Gasteiger charge is -2.37. The molecule has 0 aliphatic carbocycles. The van der Waals surface area contributed by atoms with Gasteiger partial charge in [-0.15, -0.1) is 0 Å². The van der Waals surface area contributed by atoms with Gasteiger partial charge in [-0.25, -0.2) is 14.6 Å². The van der Waals surface area contributed by atoms with Gasteiger partial charge in [-0.05, 0) is 87.8 Å². The molecule has 1 amide bonds. The minimum atomic E-state index is -2.03. The summed E-state index contributed by atoms with van der Waals surface area (Å²) in [5.41, 5.74) is 1.39. The number of nitrogens with zero attached hydrogens (tertiary/aromatic N) is 2. The third-order valence-corrected chi connectivity index (χ3v) is 11.7. The summed E-state index contributed by atoms with van der Waals surface area (Å²) >= 11 is 0. The van der Waals surface area contributed by atoms with E-state index in [9.17, 15) is 9.59 Å². The van der Waals surface area contributed by atoms with Crippen LogP contribution in [0.5, 0.6) is 5.75 Å². The number of carboxylic acid groups (broad SMARTS) is 1. The summed E-state index contributed by atoms with van der Waals surface area (Å²) in [6.45, 7) is 16.8. The summed E-state index contributed by atoms with van der Waals surface area (Å²) in [6, 6.07) is 11.3. The Morgan fingerprint density at radius 1 is 1.00 bits per heavy atom. The summed E-state index contributed by atoms with van der Waals surface area (Å²) in [7, 11) is -2.03. The zero-order valence-corrected chi connectivity index (χ0v) is 24.5. The largest absolute Gasteiger partial charge is 0.543 e. The standard InChI is InChI=1S/C29H42N2O5Si/c1-28(2,3)35-27(34)31-22(17-20-13-16-24(26(32)33)30-19-20)14-15-23(31)18-21-11-9-10-12-25(21)36-37(7,8)29(4,5)6/h9-13,16,19,22-23H,14-15,17-18H2,1-8H3,(H,32,33)/t22-,23+/m0/s1. The van der Waals surface area contributed by atoms with Crippen molar-refractivity contribution in [1.82, 2.24) is 9.88 Å². The van der Waals surface area contributed by atoms with E-state index in [0.29, 0.717) is 12.8 Å². The molecule has 2 heterocycles. The van der Waals surface area contributed by atoms with Crippen LogP contribution >= 0.6 is 0 Å². The van der Waals surface area contributed by atoms with Gasteiger partial charge in [0.05, 0.1) is 0 Å². The zero-order chi connectivity index (χ0) is 27.6. The average molecular weight is 527 g/mol. The number of para-hydroxylation sites is 1. The lowest BCUT2D eigenvalue weighted by molar-refractivity contribution is 0.0146. The molecule has 1 saturated heterocycles. The van der Waals surface area contributed by atoms with E-state index in [-0.39, 0.29) is 28.9 Å². The van der Waals surface area contributed by atoms with Crippen LogP contribution in [0, 0.1) is 0 Å². The van der Waals surface area contributed by atoms with Gasteiger partial charge in [0.2, 0.25) is 8.32 Å². The van der Waals surface area contributed by atoms with Gasteiger partial charge in [-0.1, -0.05) is 45.0 Å². The van der Waals surface area contributed by atoms with Gasteiger partial charge < -0.3 is 19.2 Å². The van der Waals surface area contributed by atoms with Gasteiger partial charge >= 0.3 is 12.1 Å². The molecule has 202 valence electrons. The Balaban J connectivity index is 1.86. The second kappa shape index (κ2) is 10.9. The van der Waals surface area contributed by atoms with E-state index in [4.69, 9.17) is 14.3 Å². The first-order chi connectivity index (χ1) is 17.1. The smallest absolute Gasteiger partial charge is 0.410 e. The topological polar surface area (TPSA) is 89.0 Å². The molecular weight excluding hydrogens is 484 g/mol. The van der Waals surface area contributed by atoms with Crippen molar-refractivity contribution in [1.29, 1.82) is 0 Å². The molecule has 1 aliphatic rings. The van der Waals surface area contributed by atoms with E-state index in [1.54, 1.807) is 12.3 Å². The molecule has 1 aliphatic heterocycles. The Bertz CT molecular complexity index is 1100. The van der Waals surface area contributed by atoms with E-state index in [0.717, 1.165) is 29.7 Å². The normalized spacial score (nSPS) is 18.5. The number of rotatable bonds is 7. The van der Waals surface area contributed by atoms with Crippen LogP contribution in [0.25, 0.3) is 0 Å². The van der Waals surface area contributed by atoms with Crippen molar-refractivity contribution in [2.75, 3.05) is 0 Å². The first-order valence-corrected chi connectivity index (χ1v) is 15.9. The van der Waals surface area contributed by atoms with Gasteiger partial charge in [0, 0.05) is 18.3 Å². The number of hydrogen-bond donors (Lipinski definition) is 1. The Morgan fingerprint density at radius 2 is 1.62 bits per heavy atom. The molecule has 0 spiro atoms. The molecule has 1 N–H and O–H groups in total. The fourth-order valence-electron chi connectivity index (χ4n) is 4.37. The Labute approximate surface area is 222 Å². The van der Waals surface area contributed by atoms with Crippen LogP contribution in [0.2, 0.25) is 18.1 Å². The number of ether oxygens (including phenoxy) is 1. The molecule has 37 heavy (non-hydrogen) atoms. The summed E-state index contributed by atoms with van der Waals surface area (Å²) in [6.07, 6.45) is 4.21. The summed E-state index contributed by atoms with van der Waals surface area (Å²) in [5.74, 6) is -0.156. The van der Waals surface area contributed by atoms with Crippen LogP contribution in [0.3, 0.4) is 0 Å². The van der Waals surface area contributed by atoms with Crippen molar-refractivity contribution in [2.24, 2.45) is 0 Å². The number of amides is 1. The Morgan fingerprint density at radius 3 is 2.16 bits per heavy atom. The molecule has 0 bridgehead atoms. The molecule has 1 aromatic carbocycles. The highest BCUT2D eigenvalue weighted by molar-refractivity contribution is 6.74. The molecular formula is C29H42N2O5Si. The molecule has 2 aromatic rings. The minimum absolute atomic E-state index is 0.00962. The zero-order valence-electron chi connectivity index (χ0n) is 23.5. The number of hydrogen-bond acceptors (Lipinski definition) is 5. The maximum atomic E-state index is 13.4. The highest BCUT2D eigenvalue weighted by atomic mass is 28.4. The van der Waals surface area contributed by atoms with Crippen LogP contribution in [0.15, 0.2) is 42.6 Å². The molecule has 0 saturated carbocycles. The lowest BCUT2D eigenvalue weighted by Crippen LogP contribution is -2.46. The van der Waals surface area contributed by atoms with Crippen molar-refractivity contribution in [3.63, 3.8) is 0 Å². The lowest BCUT2D eigenvalue weighted by atomic mass is 10.0. The number of benzene rings is 1. The van der Waals surface area contributed by atoms with Gasteiger partial charge in [-0.3, -0.25) is 0 Å². The molecule has 0 unspecified atom stereocenters. The molecule has 0 radical (unpaired) electrons.